The normalized spacial score (nSPS) is 20.8. The topological polar surface area (TPSA) is 165 Å². The van der Waals surface area contributed by atoms with Crippen LogP contribution in [0, 0.1) is 11.8 Å². The van der Waals surface area contributed by atoms with Gasteiger partial charge in [-0.05, 0) is 38.5 Å². The Morgan fingerprint density at radius 3 is 2.11 bits per heavy atom. The molecule has 1 saturated carbocycles. The standard InChI is InChI=1S/C43H79N2O9P/c1-6-8-10-11-12-13-14-15-16-17-18-19-24-28-40(47)39(35-54-55(51,52)53-33-32-45(3,4)5)44-43(50)29-25-21-20-23-27-37-38(42(49)34-41(37)48)31-30-36(46)26-22-9-7-2/h20,23-24,28,30-31,36-41,46-48H,6-19,21-22,25-27,29,32-35H2,1-5H3,(H-,44,50,51,52)/b23-20-,28-24+,31-30+/t36-,37+,38+,39-,40+,41-/m0/s1. The quantitative estimate of drug-likeness (QED) is 0.0224. The van der Waals surface area contributed by atoms with Gasteiger partial charge in [0.15, 0.2) is 0 Å². The predicted octanol–water partition coefficient (Wildman–Crippen LogP) is 7.48. The fourth-order valence-electron chi connectivity index (χ4n) is 6.66. The smallest absolute Gasteiger partial charge is 0.268 e. The van der Waals surface area contributed by atoms with Crippen LogP contribution in [0.1, 0.15) is 149 Å². The summed E-state index contributed by atoms with van der Waals surface area (Å²) in [6, 6.07) is -0.988. The van der Waals surface area contributed by atoms with Crippen LogP contribution in [-0.4, -0.2) is 96.7 Å². The molecule has 1 unspecified atom stereocenters. The van der Waals surface area contributed by atoms with Crippen LogP contribution in [0.25, 0.3) is 0 Å². The fourth-order valence-corrected chi connectivity index (χ4v) is 7.38. The molecule has 320 valence electrons. The van der Waals surface area contributed by atoms with Crippen molar-refractivity contribution in [2.45, 2.75) is 173 Å². The first-order chi connectivity index (χ1) is 26.2. The highest BCUT2D eigenvalue weighted by atomic mass is 31.2. The van der Waals surface area contributed by atoms with E-state index in [1.807, 2.05) is 39.4 Å². The average molecular weight is 799 g/mol. The summed E-state index contributed by atoms with van der Waals surface area (Å²) in [5, 5.41) is 34.5. The summed E-state index contributed by atoms with van der Waals surface area (Å²) in [5.41, 5.74) is 0. The van der Waals surface area contributed by atoms with Crippen LogP contribution in [0.4, 0.5) is 0 Å². The molecule has 0 aromatic rings. The van der Waals surface area contributed by atoms with Crippen molar-refractivity contribution in [1.29, 1.82) is 0 Å². The van der Waals surface area contributed by atoms with Gasteiger partial charge in [-0.1, -0.05) is 134 Å². The molecule has 1 rings (SSSR count). The van der Waals surface area contributed by atoms with Crippen LogP contribution < -0.4 is 10.2 Å². The van der Waals surface area contributed by atoms with Gasteiger partial charge in [-0.2, -0.15) is 0 Å². The number of unbranched alkanes of at least 4 members (excludes halogenated alkanes) is 14. The monoisotopic (exact) mass is 799 g/mol. The number of phosphoric ester groups is 1. The van der Waals surface area contributed by atoms with Gasteiger partial charge in [0.2, 0.25) is 5.91 Å². The summed E-state index contributed by atoms with van der Waals surface area (Å²) < 4.78 is 23.1. The lowest BCUT2D eigenvalue weighted by molar-refractivity contribution is -0.870. The first kappa shape index (κ1) is 51.3. The molecule has 1 aliphatic rings. The maximum Gasteiger partial charge on any atom is 0.268 e. The van der Waals surface area contributed by atoms with Gasteiger partial charge in [0.05, 0.1) is 52.1 Å². The summed E-state index contributed by atoms with van der Waals surface area (Å²) in [7, 11) is 1.09. The van der Waals surface area contributed by atoms with E-state index >= 15 is 0 Å². The van der Waals surface area contributed by atoms with Gasteiger partial charge in [0, 0.05) is 24.7 Å². The minimum atomic E-state index is -4.66. The molecule has 0 saturated heterocycles. The number of phosphoric acid groups is 1. The van der Waals surface area contributed by atoms with Crippen molar-refractivity contribution in [3.05, 3.63) is 36.5 Å². The van der Waals surface area contributed by atoms with Crippen LogP contribution in [0.5, 0.6) is 0 Å². The van der Waals surface area contributed by atoms with Crippen LogP contribution in [-0.2, 0) is 23.2 Å². The predicted molar refractivity (Wildman–Crippen MR) is 220 cm³/mol. The van der Waals surface area contributed by atoms with Gasteiger partial charge in [-0.15, -0.1) is 0 Å². The Labute approximate surface area is 334 Å². The molecule has 0 aromatic carbocycles. The number of amides is 1. The van der Waals surface area contributed by atoms with Gasteiger partial charge in [-0.3, -0.25) is 14.2 Å². The zero-order chi connectivity index (χ0) is 41.0. The van der Waals surface area contributed by atoms with E-state index in [-0.39, 0.29) is 37.1 Å². The van der Waals surface area contributed by atoms with Crippen molar-refractivity contribution in [1.82, 2.24) is 5.32 Å². The molecule has 55 heavy (non-hydrogen) atoms. The van der Waals surface area contributed by atoms with Gasteiger partial charge >= 0.3 is 0 Å². The maximum absolute atomic E-state index is 12.9. The summed E-state index contributed by atoms with van der Waals surface area (Å²) in [6.45, 7) is 4.28. The maximum atomic E-state index is 12.9. The minimum absolute atomic E-state index is 0.0201. The summed E-state index contributed by atoms with van der Waals surface area (Å²) >= 11 is 0. The van der Waals surface area contributed by atoms with Crippen molar-refractivity contribution < 1.29 is 47.9 Å². The average Bonchev–Trinajstić information content (AvgIpc) is 3.39. The van der Waals surface area contributed by atoms with E-state index in [4.69, 9.17) is 9.05 Å². The SMILES string of the molecule is CCCCCCCCCCCCC/C=C/[C@@H](O)[C@H](COP(=O)([O-])OCC[N+](C)(C)C)NC(=O)CCC/C=C\C[C@H]1[C@@H](O)CC(=O)[C@@H]1/C=C/[C@@H](O)CCCCC. The Morgan fingerprint density at radius 1 is 0.873 bits per heavy atom. The lowest BCUT2D eigenvalue weighted by atomic mass is 9.90. The number of quaternary nitrogens is 1. The highest BCUT2D eigenvalue weighted by Gasteiger charge is 2.39. The van der Waals surface area contributed by atoms with E-state index in [2.05, 4.69) is 19.2 Å². The summed E-state index contributed by atoms with van der Waals surface area (Å²) in [5.74, 6) is -1.05. The van der Waals surface area contributed by atoms with Crippen LogP contribution in [0.15, 0.2) is 36.5 Å². The number of rotatable bonds is 34. The number of nitrogens with one attached hydrogen (secondary N) is 1. The Balaban J connectivity index is 2.61. The molecular formula is C43H79N2O9P. The molecule has 1 amide bonds. The fraction of sp³-hybridized carbons (Fsp3) is 0.814. The Bertz CT molecular complexity index is 1160. The molecule has 0 bridgehead atoms. The molecule has 1 aliphatic carbocycles. The van der Waals surface area contributed by atoms with Gasteiger partial charge in [-0.25, -0.2) is 0 Å². The van der Waals surface area contributed by atoms with Gasteiger partial charge in [0.1, 0.15) is 18.9 Å². The number of hydrogen-bond acceptors (Lipinski definition) is 9. The number of Topliss-reactive ketones (excluding diaryl/α,β-unsaturated/α-hetero) is 1. The van der Waals surface area contributed by atoms with Crippen LogP contribution in [0.3, 0.4) is 0 Å². The number of ketones is 1. The molecule has 0 radical (unpaired) electrons. The van der Waals surface area contributed by atoms with E-state index < -0.39 is 44.7 Å². The highest BCUT2D eigenvalue weighted by molar-refractivity contribution is 7.45. The first-order valence-electron chi connectivity index (χ1n) is 21.5. The third kappa shape index (κ3) is 26.8. The van der Waals surface area contributed by atoms with Crippen molar-refractivity contribution in [2.75, 3.05) is 40.9 Å². The zero-order valence-corrected chi connectivity index (χ0v) is 36.0. The molecule has 7 atom stereocenters. The van der Waals surface area contributed by atoms with Crippen molar-refractivity contribution >= 4 is 19.5 Å². The summed E-state index contributed by atoms with van der Waals surface area (Å²) in [6.07, 6.45) is 28.3. The molecule has 0 spiro atoms. The Morgan fingerprint density at radius 2 is 1.47 bits per heavy atom. The number of aliphatic hydroxyl groups is 3. The highest BCUT2D eigenvalue weighted by Crippen LogP contribution is 2.38. The van der Waals surface area contributed by atoms with E-state index in [0.29, 0.717) is 36.7 Å². The second-order valence-corrected chi connectivity index (χ2v) is 17.9. The van der Waals surface area contributed by atoms with E-state index in [1.165, 1.54) is 57.8 Å². The van der Waals surface area contributed by atoms with Crippen LogP contribution >= 0.6 is 7.82 Å². The molecule has 11 nitrogen and oxygen atoms in total. The number of nitrogens with zero attached hydrogens (tertiary/aromatic N) is 1. The summed E-state index contributed by atoms with van der Waals surface area (Å²) in [4.78, 5) is 37.9. The molecule has 4 N–H and O–H groups in total. The van der Waals surface area contributed by atoms with Crippen molar-refractivity contribution in [3.8, 4) is 0 Å². The van der Waals surface area contributed by atoms with Crippen LogP contribution in [0.2, 0.25) is 0 Å². The second kappa shape index (κ2) is 30.4. The number of carbonyl (C=O) groups is 2. The van der Waals surface area contributed by atoms with Gasteiger partial charge in [0.25, 0.3) is 7.82 Å². The largest absolute Gasteiger partial charge is 0.756 e. The second-order valence-electron chi connectivity index (χ2n) is 16.5. The number of likely N-dealkylation sites (N-methyl/N-ethyl adjacent to an activating group) is 1. The lowest BCUT2D eigenvalue weighted by Gasteiger charge is -2.29. The first-order valence-corrected chi connectivity index (χ1v) is 22.9. The number of carbonyl (C=O) groups excluding carboxylic acids is 2. The molecule has 0 aromatic heterocycles. The Hall–Kier alpha value is -1.69. The third-order valence-electron chi connectivity index (χ3n) is 10.2. The number of hydrogen-bond donors (Lipinski definition) is 4. The third-order valence-corrected chi connectivity index (χ3v) is 11.2. The van der Waals surface area contributed by atoms with E-state index in [1.54, 1.807) is 18.2 Å². The zero-order valence-electron chi connectivity index (χ0n) is 35.1. The number of aliphatic hydroxyl groups excluding tert-OH is 3. The van der Waals surface area contributed by atoms with Crippen molar-refractivity contribution in [3.63, 3.8) is 0 Å². The van der Waals surface area contributed by atoms with Crippen molar-refractivity contribution in [2.24, 2.45) is 11.8 Å². The molecule has 1 fully saturated rings. The Kier molecular flexibility index (Phi) is 28.4. The molecule has 0 aliphatic heterocycles. The molecular weight excluding hydrogens is 719 g/mol. The van der Waals surface area contributed by atoms with E-state index in [9.17, 15) is 34.4 Å². The molecule has 12 heteroatoms. The number of allylic oxidation sites excluding steroid dienone is 4. The van der Waals surface area contributed by atoms with Gasteiger partial charge < -0.3 is 39.1 Å². The molecule has 0 heterocycles. The lowest BCUT2D eigenvalue weighted by Crippen LogP contribution is -2.45. The minimum Gasteiger partial charge on any atom is -0.756 e. The van der Waals surface area contributed by atoms with E-state index in [0.717, 1.165) is 38.5 Å².